The minimum absolute atomic E-state index is 0.0232. The van der Waals surface area contributed by atoms with Crippen molar-refractivity contribution in [3.63, 3.8) is 0 Å². The largest absolute Gasteiger partial charge is 0.341 e. The molecule has 2 aliphatic rings. The van der Waals surface area contributed by atoms with E-state index in [0.29, 0.717) is 18.9 Å². The van der Waals surface area contributed by atoms with E-state index in [1.54, 1.807) is 6.92 Å². The first-order valence-electron chi connectivity index (χ1n) is 8.77. The Morgan fingerprint density at radius 2 is 1.96 bits per heavy atom. The van der Waals surface area contributed by atoms with Gasteiger partial charge in [-0.25, -0.2) is 8.42 Å². The van der Waals surface area contributed by atoms with Gasteiger partial charge in [0.2, 0.25) is 15.9 Å². The van der Waals surface area contributed by atoms with Crippen LogP contribution in [0.3, 0.4) is 0 Å². The molecule has 0 saturated carbocycles. The molecule has 0 unspecified atom stereocenters. The number of rotatable bonds is 3. The number of benzene rings is 1. The summed E-state index contributed by atoms with van der Waals surface area (Å²) in [5.74, 6) is 0.470. The van der Waals surface area contributed by atoms with Gasteiger partial charge >= 0.3 is 0 Å². The highest BCUT2D eigenvalue weighted by Crippen LogP contribution is 2.28. The molecule has 1 saturated heterocycles. The summed E-state index contributed by atoms with van der Waals surface area (Å²) < 4.78 is 26.6. The van der Waals surface area contributed by atoms with Crippen LogP contribution in [-0.4, -0.2) is 48.4 Å². The van der Waals surface area contributed by atoms with Crippen LogP contribution in [0.1, 0.15) is 37.8 Å². The molecular formula is C18H26N2O3S. The number of carbonyl (C=O) groups is 1. The van der Waals surface area contributed by atoms with Crippen LogP contribution in [0.4, 0.5) is 0 Å². The highest BCUT2D eigenvalue weighted by atomic mass is 32.2. The van der Waals surface area contributed by atoms with Gasteiger partial charge in [-0.15, -0.1) is 0 Å². The molecule has 0 radical (unpaired) electrons. The Labute approximate surface area is 144 Å². The third-order valence-electron chi connectivity index (χ3n) is 5.18. The number of fused-ring (bicyclic) bond motifs is 1. The summed E-state index contributed by atoms with van der Waals surface area (Å²) in [5.41, 5.74) is 2.09. The van der Waals surface area contributed by atoms with Gasteiger partial charge in [-0.3, -0.25) is 4.79 Å². The Hall–Kier alpha value is -1.40. The zero-order valence-corrected chi connectivity index (χ0v) is 15.3. The molecule has 24 heavy (non-hydrogen) atoms. The molecule has 0 bridgehead atoms. The number of hydrogen-bond acceptors (Lipinski definition) is 3. The molecule has 132 valence electrons. The van der Waals surface area contributed by atoms with Crippen LogP contribution >= 0.6 is 0 Å². The van der Waals surface area contributed by atoms with E-state index < -0.39 is 16.1 Å². The molecule has 0 spiro atoms. The summed E-state index contributed by atoms with van der Waals surface area (Å²) in [7, 11) is -3.42. The predicted molar refractivity (Wildman–Crippen MR) is 93.9 cm³/mol. The molecule has 1 fully saturated rings. The fourth-order valence-corrected chi connectivity index (χ4v) is 4.99. The number of sulfonamides is 1. The molecule has 6 heteroatoms. The van der Waals surface area contributed by atoms with E-state index in [1.165, 1.54) is 4.31 Å². The quantitative estimate of drug-likeness (QED) is 0.838. The normalized spacial score (nSPS) is 25.3. The highest BCUT2D eigenvalue weighted by molar-refractivity contribution is 7.89. The summed E-state index contributed by atoms with van der Waals surface area (Å²) in [6.07, 6.45) is 2.60. The van der Waals surface area contributed by atoms with Crippen molar-refractivity contribution in [1.82, 2.24) is 9.21 Å². The van der Waals surface area contributed by atoms with Crippen LogP contribution in [0.5, 0.6) is 0 Å². The van der Waals surface area contributed by atoms with Gasteiger partial charge in [0.15, 0.2) is 0 Å². The number of piperidine rings is 1. The second kappa shape index (κ2) is 6.84. The summed E-state index contributed by atoms with van der Waals surface area (Å²) in [5, 5.41) is 0. The van der Waals surface area contributed by atoms with E-state index >= 15 is 0 Å². The molecule has 5 nitrogen and oxygen atoms in total. The third-order valence-corrected chi connectivity index (χ3v) is 7.01. The summed E-state index contributed by atoms with van der Waals surface area (Å²) >= 11 is 0. The maximum absolute atomic E-state index is 13.1. The van der Waals surface area contributed by atoms with Gasteiger partial charge in [0.25, 0.3) is 0 Å². The minimum atomic E-state index is -3.42. The maximum atomic E-state index is 13.1. The second-order valence-corrected chi connectivity index (χ2v) is 9.18. The lowest BCUT2D eigenvalue weighted by atomic mass is 9.93. The first kappa shape index (κ1) is 17.4. The molecule has 2 atom stereocenters. The fraction of sp³-hybridized carbons (Fsp3) is 0.611. The molecule has 0 N–H and O–H groups in total. The van der Waals surface area contributed by atoms with Crippen molar-refractivity contribution in [1.29, 1.82) is 0 Å². The molecular weight excluding hydrogens is 324 g/mol. The lowest BCUT2D eigenvalue weighted by Gasteiger charge is -2.39. The molecule has 2 aliphatic heterocycles. The molecule has 2 heterocycles. The summed E-state index contributed by atoms with van der Waals surface area (Å²) in [6, 6.07) is 7.23. The summed E-state index contributed by atoms with van der Waals surface area (Å²) in [4.78, 5) is 15.0. The number of carbonyl (C=O) groups excluding carboxylic acids is 1. The van der Waals surface area contributed by atoms with Crippen molar-refractivity contribution in [2.75, 3.05) is 18.8 Å². The van der Waals surface area contributed by atoms with Crippen molar-refractivity contribution < 1.29 is 13.2 Å². The standard InChI is InChI=1S/C18H26N2O3S/c1-3-24(22,23)20-13-16-9-5-4-8-15(16)11-17(20)18(21)19-10-6-7-14(2)12-19/h4-5,8-9,14,17H,3,6-7,10-13H2,1-2H3/t14-,17+/m1/s1. The molecule has 1 amide bonds. The van der Waals surface area contributed by atoms with Gasteiger partial charge in [-0.05, 0) is 43.2 Å². The van der Waals surface area contributed by atoms with Crippen molar-refractivity contribution in [3.8, 4) is 0 Å². The van der Waals surface area contributed by atoms with Crippen molar-refractivity contribution in [2.45, 2.75) is 45.7 Å². The third kappa shape index (κ3) is 3.35. The SMILES string of the molecule is CCS(=O)(=O)N1Cc2ccccc2C[C@H]1C(=O)N1CCC[C@@H](C)C1. The van der Waals surface area contributed by atoms with Crippen LogP contribution in [0, 0.1) is 5.92 Å². The minimum Gasteiger partial charge on any atom is -0.341 e. The average molecular weight is 350 g/mol. The van der Waals surface area contributed by atoms with Crippen LogP contribution in [0.25, 0.3) is 0 Å². The van der Waals surface area contributed by atoms with Crippen molar-refractivity contribution in [2.24, 2.45) is 5.92 Å². The Balaban J connectivity index is 1.92. The van der Waals surface area contributed by atoms with Gasteiger partial charge in [0.1, 0.15) is 6.04 Å². The second-order valence-electron chi connectivity index (χ2n) is 6.97. The molecule has 0 aromatic heterocycles. The fourth-order valence-electron chi connectivity index (χ4n) is 3.77. The van der Waals surface area contributed by atoms with Crippen LogP contribution in [-0.2, 0) is 27.8 Å². The number of nitrogens with zero attached hydrogens (tertiary/aromatic N) is 2. The van der Waals surface area contributed by atoms with E-state index in [2.05, 4.69) is 6.92 Å². The zero-order chi connectivity index (χ0) is 17.3. The zero-order valence-electron chi connectivity index (χ0n) is 14.4. The van der Waals surface area contributed by atoms with Gasteiger partial charge in [-0.2, -0.15) is 4.31 Å². The van der Waals surface area contributed by atoms with E-state index in [0.717, 1.165) is 37.1 Å². The van der Waals surface area contributed by atoms with E-state index in [4.69, 9.17) is 0 Å². The van der Waals surface area contributed by atoms with E-state index in [9.17, 15) is 13.2 Å². The number of amides is 1. The topological polar surface area (TPSA) is 57.7 Å². The van der Waals surface area contributed by atoms with Crippen molar-refractivity contribution >= 4 is 15.9 Å². The lowest BCUT2D eigenvalue weighted by Crippen LogP contribution is -2.55. The maximum Gasteiger partial charge on any atom is 0.241 e. The number of likely N-dealkylation sites (tertiary alicyclic amines) is 1. The average Bonchev–Trinajstić information content (AvgIpc) is 2.60. The highest BCUT2D eigenvalue weighted by Gasteiger charge is 2.40. The Morgan fingerprint density at radius 3 is 2.62 bits per heavy atom. The summed E-state index contributed by atoms with van der Waals surface area (Å²) in [6.45, 7) is 5.56. The van der Waals surface area contributed by atoms with Gasteiger partial charge < -0.3 is 4.90 Å². The Bertz CT molecular complexity index is 717. The molecule has 1 aromatic rings. The van der Waals surface area contributed by atoms with Crippen molar-refractivity contribution in [3.05, 3.63) is 35.4 Å². The van der Waals surface area contributed by atoms with Crippen LogP contribution in [0.2, 0.25) is 0 Å². The number of hydrogen-bond donors (Lipinski definition) is 0. The van der Waals surface area contributed by atoms with Crippen LogP contribution in [0.15, 0.2) is 24.3 Å². The Kier molecular flexibility index (Phi) is 4.97. The Morgan fingerprint density at radius 1 is 1.25 bits per heavy atom. The van der Waals surface area contributed by atoms with E-state index in [-0.39, 0.29) is 11.7 Å². The molecule has 1 aromatic carbocycles. The molecule has 0 aliphatic carbocycles. The van der Waals surface area contributed by atoms with Crippen LogP contribution < -0.4 is 0 Å². The predicted octanol–water partition coefficient (Wildman–Crippen LogP) is 2.02. The van der Waals surface area contributed by atoms with Gasteiger partial charge in [-0.1, -0.05) is 31.2 Å². The lowest BCUT2D eigenvalue weighted by molar-refractivity contribution is -0.137. The first-order valence-corrected chi connectivity index (χ1v) is 10.4. The first-order chi connectivity index (χ1) is 11.4. The van der Waals surface area contributed by atoms with E-state index in [1.807, 2.05) is 29.2 Å². The van der Waals surface area contributed by atoms with Gasteiger partial charge in [0, 0.05) is 19.6 Å². The van der Waals surface area contributed by atoms with Gasteiger partial charge in [0.05, 0.1) is 5.75 Å². The monoisotopic (exact) mass is 350 g/mol. The smallest absolute Gasteiger partial charge is 0.241 e. The molecule has 3 rings (SSSR count).